The number of carbonyl (C=O) groups excluding carboxylic acids is 2. The van der Waals surface area contributed by atoms with Gasteiger partial charge in [-0.3, -0.25) is 13.9 Å². The molecule has 0 saturated carbocycles. The van der Waals surface area contributed by atoms with E-state index < -0.39 is 28.5 Å². The molecule has 0 spiro atoms. The van der Waals surface area contributed by atoms with Crippen molar-refractivity contribution >= 4 is 27.5 Å². The number of methoxy groups -OCH3 is 1. The summed E-state index contributed by atoms with van der Waals surface area (Å²) in [6.45, 7) is 7.79. The molecular formula is C26H37N3O5S. The maximum atomic E-state index is 13.7. The van der Waals surface area contributed by atoms with Crippen LogP contribution in [0.2, 0.25) is 0 Å². The number of anilines is 1. The Morgan fingerprint density at radius 1 is 1.03 bits per heavy atom. The summed E-state index contributed by atoms with van der Waals surface area (Å²) in [6, 6.07) is 11.9. The van der Waals surface area contributed by atoms with Gasteiger partial charge in [0.05, 0.1) is 19.1 Å². The van der Waals surface area contributed by atoms with E-state index in [0.717, 1.165) is 33.7 Å². The van der Waals surface area contributed by atoms with Crippen molar-refractivity contribution < 1.29 is 22.7 Å². The first-order chi connectivity index (χ1) is 16.5. The second kappa shape index (κ2) is 12.6. The van der Waals surface area contributed by atoms with Crippen LogP contribution >= 0.6 is 0 Å². The normalized spacial score (nSPS) is 12.1. The zero-order valence-corrected chi connectivity index (χ0v) is 22.3. The summed E-state index contributed by atoms with van der Waals surface area (Å²) in [5.41, 5.74) is 3.01. The van der Waals surface area contributed by atoms with Crippen LogP contribution in [0.3, 0.4) is 0 Å². The Labute approximate surface area is 209 Å². The maximum absolute atomic E-state index is 13.7. The molecule has 35 heavy (non-hydrogen) atoms. The number of hydrogen-bond acceptors (Lipinski definition) is 5. The van der Waals surface area contributed by atoms with Gasteiger partial charge >= 0.3 is 0 Å². The van der Waals surface area contributed by atoms with Crippen LogP contribution in [-0.4, -0.2) is 57.6 Å². The number of amides is 2. The number of hydrogen-bond donors (Lipinski definition) is 1. The first-order valence-corrected chi connectivity index (χ1v) is 13.6. The van der Waals surface area contributed by atoms with E-state index in [9.17, 15) is 18.0 Å². The molecule has 0 heterocycles. The number of ether oxygens (including phenoxy) is 1. The molecule has 1 unspecified atom stereocenters. The first kappa shape index (κ1) is 28.2. The second-order valence-electron chi connectivity index (χ2n) is 8.70. The molecule has 0 aliphatic carbocycles. The Kier molecular flexibility index (Phi) is 10.1. The molecule has 1 atom stereocenters. The molecular weight excluding hydrogens is 466 g/mol. The van der Waals surface area contributed by atoms with Gasteiger partial charge < -0.3 is 15.0 Å². The summed E-state index contributed by atoms with van der Waals surface area (Å²) in [7, 11) is -2.19. The highest BCUT2D eigenvalue weighted by Gasteiger charge is 2.31. The van der Waals surface area contributed by atoms with Crippen molar-refractivity contribution in [3.8, 4) is 5.75 Å². The summed E-state index contributed by atoms with van der Waals surface area (Å²) >= 11 is 0. The molecule has 0 aliphatic rings. The average molecular weight is 504 g/mol. The van der Waals surface area contributed by atoms with Crippen molar-refractivity contribution in [2.75, 3.05) is 30.8 Å². The van der Waals surface area contributed by atoms with E-state index in [1.54, 1.807) is 31.4 Å². The van der Waals surface area contributed by atoms with Crippen LogP contribution in [0.1, 0.15) is 43.4 Å². The fraction of sp³-hybridized carbons (Fsp3) is 0.462. The highest BCUT2D eigenvalue weighted by molar-refractivity contribution is 7.92. The van der Waals surface area contributed by atoms with Crippen molar-refractivity contribution in [2.45, 2.75) is 53.1 Å². The molecule has 0 aromatic heterocycles. The fourth-order valence-corrected chi connectivity index (χ4v) is 4.75. The van der Waals surface area contributed by atoms with Gasteiger partial charge in [0.15, 0.2) is 0 Å². The number of rotatable bonds is 12. The largest absolute Gasteiger partial charge is 0.497 e. The van der Waals surface area contributed by atoms with Crippen LogP contribution in [-0.2, 0) is 26.2 Å². The number of benzene rings is 2. The van der Waals surface area contributed by atoms with E-state index >= 15 is 0 Å². The van der Waals surface area contributed by atoms with Gasteiger partial charge in [-0.1, -0.05) is 32.0 Å². The van der Waals surface area contributed by atoms with Gasteiger partial charge in [0.1, 0.15) is 18.3 Å². The van der Waals surface area contributed by atoms with Crippen molar-refractivity contribution in [1.82, 2.24) is 10.2 Å². The monoisotopic (exact) mass is 503 g/mol. The zero-order valence-electron chi connectivity index (χ0n) is 21.5. The van der Waals surface area contributed by atoms with E-state index in [0.29, 0.717) is 24.4 Å². The lowest BCUT2D eigenvalue weighted by molar-refractivity contribution is -0.140. The maximum Gasteiger partial charge on any atom is 0.244 e. The van der Waals surface area contributed by atoms with Crippen molar-refractivity contribution in [3.05, 3.63) is 59.2 Å². The van der Waals surface area contributed by atoms with Gasteiger partial charge in [-0.25, -0.2) is 8.42 Å². The van der Waals surface area contributed by atoms with Gasteiger partial charge in [0, 0.05) is 13.1 Å². The third-order valence-electron chi connectivity index (χ3n) is 5.62. The van der Waals surface area contributed by atoms with Crippen LogP contribution < -0.4 is 14.4 Å². The molecule has 2 aromatic rings. The molecule has 192 valence electrons. The average Bonchev–Trinajstić information content (AvgIpc) is 2.79. The molecule has 2 aromatic carbocycles. The summed E-state index contributed by atoms with van der Waals surface area (Å²) < 4.78 is 31.8. The Bertz CT molecular complexity index is 1100. The SMILES string of the molecule is CCCNC(=O)C(CC)N(Cc1ccc(OC)cc1)C(=O)CN(c1cc(C)cc(C)c1)S(C)(=O)=O. The standard InChI is InChI=1S/C26H37N3O5S/c1-7-13-27-26(31)24(8-2)28(17-21-9-11-23(34-5)12-10-21)25(30)18-29(35(6,32)33)22-15-19(3)14-20(4)16-22/h9-12,14-16,24H,7-8,13,17-18H2,1-6H3,(H,27,31). The van der Waals surface area contributed by atoms with Crippen LogP contribution in [0.25, 0.3) is 0 Å². The Hall–Kier alpha value is -3.07. The van der Waals surface area contributed by atoms with Crippen molar-refractivity contribution in [2.24, 2.45) is 0 Å². The molecule has 0 fully saturated rings. The Balaban J connectivity index is 2.44. The third-order valence-corrected chi connectivity index (χ3v) is 6.76. The van der Waals surface area contributed by atoms with E-state index in [1.165, 1.54) is 4.90 Å². The van der Waals surface area contributed by atoms with Crippen LogP contribution in [0, 0.1) is 13.8 Å². The molecule has 0 bridgehead atoms. The predicted molar refractivity (Wildman–Crippen MR) is 139 cm³/mol. The van der Waals surface area contributed by atoms with Crippen LogP contribution in [0.4, 0.5) is 5.69 Å². The van der Waals surface area contributed by atoms with Gasteiger partial charge in [0.2, 0.25) is 21.8 Å². The van der Waals surface area contributed by atoms with Crippen LogP contribution in [0.15, 0.2) is 42.5 Å². The first-order valence-electron chi connectivity index (χ1n) is 11.8. The molecule has 0 radical (unpaired) electrons. The molecule has 8 nitrogen and oxygen atoms in total. The predicted octanol–water partition coefficient (Wildman–Crippen LogP) is 3.41. The van der Waals surface area contributed by atoms with E-state index in [2.05, 4.69) is 5.32 Å². The number of nitrogens with zero attached hydrogens (tertiary/aromatic N) is 2. The molecule has 0 saturated heterocycles. The molecule has 9 heteroatoms. The second-order valence-corrected chi connectivity index (χ2v) is 10.6. The highest BCUT2D eigenvalue weighted by Crippen LogP contribution is 2.23. The Morgan fingerprint density at radius 2 is 1.63 bits per heavy atom. The summed E-state index contributed by atoms with van der Waals surface area (Å²) in [6.07, 6.45) is 2.24. The molecule has 0 aliphatic heterocycles. The lowest BCUT2D eigenvalue weighted by atomic mass is 10.1. The van der Waals surface area contributed by atoms with E-state index in [-0.39, 0.29) is 12.5 Å². The number of aryl methyl sites for hydroxylation is 2. The fourth-order valence-electron chi connectivity index (χ4n) is 3.92. The van der Waals surface area contributed by atoms with E-state index in [1.807, 2.05) is 45.9 Å². The number of sulfonamides is 1. The molecule has 2 amide bonds. The summed E-state index contributed by atoms with van der Waals surface area (Å²) in [5, 5.41) is 2.87. The quantitative estimate of drug-likeness (QED) is 0.479. The third kappa shape index (κ3) is 7.99. The summed E-state index contributed by atoms with van der Waals surface area (Å²) in [5.74, 6) is -0.0326. The van der Waals surface area contributed by atoms with Crippen molar-refractivity contribution in [1.29, 1.82) is 0 Å². The highest BCUT2D eigenvalue weighted by atomic mass is 32.2. The minimum absolute atomic E-state index is 0.158. The van der Waals surface area contributed by atoms with E-state index in [4.69, 9.17) is 4.74 Å². The van der Waals surface area contributed by atoms with Gasteiger partial charge in [-0.15, -0.1) is 0 Å². The number of carbonyl (C=O) groups is 2. The minimum Gasteiger partial charge on any atom is -0.497 e. The van der Waals surface area contributed by atoms with Gasteiger partial charge in [-0.2, -0.15) is 0 Å². The smallest absolute Gasteiger partial charge is 0.244 e. The van der Waals surface area contributed by atoms with Crippen molar-refractivity contribution in [3.63, 3.8) is 0 Å². The number of nitrogens with one attached hydrogen (secondary N) is 1. The molecule has 2 rings (SSSR count). The molecule has 1 N–H and O–H groups in total. The lowest BCUT2D eigenvalue weighted by Crippen LogP contribution is -2.52. The topological polar surface area (TPSA) is 96.0 Å². The zero-order chi connectivity index (χ0) is 26.2. The Morgan fingerprint density at radius 3 is 2.11 bits per heavy atom. The minimum atomic E-state index is -3.76. The van der Waals surface area contributed by atoms with Gasteiger partial charge in [-0.05, 0) is 67.6 Å². The summed E-state index contributed by atoms with van der Waals surface area (Å²) in [4.78, 5) is 28.1. The van der Waals surface area contributed by atoms with Gasteiger partial charge in [0.25, 0.3) is 0 Å². The van der Waals surface area contributed by atoms with Crippen LogP contribution in [0.5, 0.6) is 5.75 Å². The lowest BCUT2D eigenvalue weighted by Gasteiger charge is -2.33.